The van der Waals surface area contributed by atoms with Crippen molar-refractivity contribution in [3.8, 4) is 0 Å². The number of aryl methyl sites for hydroxylation is 2. The molecule has 182 valence electrons. The summed E-state index contributed by atoms with van der Waals surface area (Å²) in [5.74, 6) is -0.368. The van der Waals surface area contributed by atoms with E-state index < -0.39 is 15.8 Å². The Labute approximate surface area is 208 Å². The average molecular weight is 501 g/mol. The Morgan fingerprint density at radius 1 is 0.917 bits per heavy atom. The highest BCUT2D eigenvalue weighted by atomic mass is 32.2. The maximum atomic E-state index is 13.6. The van der Waals surface area contributed by atoms with Gasteiger partial charge in [-0.05, 0) is 49.7 Å². The number of fused-ring (bicyclic) bond motifs is 2. The van der Waals surface area contributed by atoms with Gasteiger partial charge in [-0.2, -0.15) is 0 Å². The van der Waals surface area contributed by atoms with Crippen LogP contribution in [0.4, 0.5) is 5.82 Å². The van der Waals surface area contributed by atoms with E-state index >= 15 is 0 Å². The first kappa shape index (κ1) is 23.5. The minimum atomic E-state index is -3.96. The Hall–Kier alpha value is -4.24. The fourth-order valence-electron chi connectivity index (χ4n) is 4.06. The van der Waals surface area contributed by atoms with Crippen LogP contribution in [0.15, 0.2) is 88.7 Å². The number of carbonyl (C=O) groups is 1. The molecule has 36 heavy (non-hydrogen) atoms. The standard InChI is InChI=1S/C27H24N4O4S/c1-18-12-14-19(15-13-18)27(32)35-17-7-16-31-25(28)24(36(33,34)20-8-3-2-4-9-20)23-26(31)30-22-11-6-5-10-21(22)29-23/h2-6,8-15H,7,16-17,28H2,1H3. The van der Waals surface area contributed by atoms with Gasteiger partial charge in [-0.15, -0.1) is 0 Å². The molecule has 0 aliphatic heterocycles. The van der Waals surface area contributed by atoms with E-state index in [1.54, 1.807) is 41.0 Å². The van der Waals surface area contributed by atoms with Crippen molar-refractivity contribution in [3.05, 3.63) is 90.0 Å². The summed E-state index contributed by atoms with van der Waals surface area (Å²) in [6, 6.07) is 22.5. The van der Waals surface area contributed by atoms with Crippen molar-refractivity contribution in [2.24, 2.45) is 0 Å². The lowest BCUT2D eigenvalue weighted by Crippen LogP contribution is -2.11. The first-order chi connectivity index (χ1) is 17.4. The summed E-state index contributed by atoms with van der Waals surface area (Å²) < 4.78 is 34.2. The van der Waals surface area contributed by atoms with Crippen molar-refractivity contribution in [2.75, 3.05) is 12.3 Å². The lowest BCUT2D eigenvalue weighted by atomic mass is 10.1. The highest BCUT2D eigenvalue weighted by Crippen LogP contribution is 2.35. The van der Waals surface area contributed by atoms with Gasteiger partial charge in [0.05, 0.1) is 28.1 Å². The highest BCUT2D eigenvalue weighted by molar-refractivity contribution is 7.92. The van der Waals surface area contributed by atoms with Crippen LogP contribution in [0.3, 0.4) is 0 Å². The number of anilines is 1. The minimum absolute atomic E-state index is 0.0500. The van der Waals surface area contributed by atoms with E-state index in [0.29, 0.717) is 35.2 Å². The molecule has 2 aromatic heterocycles. The molecule has 2 heterocycles. The molecule has 0 fully saturated rings. The molecular formula is C27H24N4O4S. The summed E-state index contributed by atoms with van der Waals surface area (Å²) in [6.07, 6.45) is 0.408. The summed E-state index contributed by atoms with van der Waals surface area (Å²) in [4.78, 5) is 21.7. The number of aromatic nitrogens is 3. The topological polar surface area (TPSA) is 117 Å². The molecule has 8 nitrogen and oxygen atoms in total. The Morgan fingerprint density at radius 2 is 1.56 bits per heavy atom. The van der Waals surface area contributed by atoms with Crippen molar-refractivity contribution in [1.29, 1.82) is 0 Å². The van der Waals surface area contributed by atoms with Gasteiger partial charge in [0.25, 0.3) is 0 Å². The van der Waals surface area contributed by atoms with Gasteiger partial charge < -0.3 is 15.0 Å². The molecule has 0 amide bonds. The van der Waals surface area contributed by atoms with Crippen LogP contribution in [0.2, 0.25) is 0 Å². The summed E-state index contributed by atoms with van der Waals surface area (Å²) >= 11 is 0. The maximum absolute atomic E-state index is 13.6. The minimum Gasteiger partial charge on any atom is -0.462 e. The van der Waals surface area contributed by atoms with Gasteiger partial charge in [0, 0.05) is 6.54 Å². The largest absolute Gasteiger partial charge is 0.462 e. The molecule has 3 aromatic carbocycles. The van der Waals surface area contributed by atoms with Crippen LogP contribution < -0.4 is 5.73 Å². The van der Waals surface area contributed by atoms with E-state index in [2.05, 4.69) is 9.97 Å². The number of ether oxygens (including phenoxy) is 1. The summed E-state index contributed by atoms with van der Waals surface area (Å²) in [7, 11) is -3.96. The molecule has 0 atom stereocenters. The van der Waals surface area contributed by atoms with Crippen LogP contribution in [0, 0.1) is 6.92 Å². The van der Waals surface area contributed by atoms with Gasteiger partial charge in [0.2, 0.25) is 9.84 Å². The molecule has 2 N–H and O–H groups in total. The van der Waals surface area contributed by atoms with Gasteiger partial charge in [-0.3, -0.25) is 0 Å². The molecular weight excluding hydrogens is 476 g/mol. The third kappa shape index (κ3) is 4.29. The highest BCUT2D eigenvalue weighted by Gasteiger charge is 2.30. The molecule has 0 spiro atoms. The van der Waals surface area contributed by atoms with Crippen LogP contribution >= 0.6 is 0 Å². The number of sulfone groups is 1. The Kier molecular flexibility index (Phi) is 6.15. The van der Waals surface area contributed by atoms with E-state index in [4.69, 9.17) is 10.5 Å². The van der Waals surface area contributed by atoms with Gasteiger partial charge in [0.1, 0.15) is 16.2 Å². The monoisotopic (exact) mass is 500 g/mol. The molecule has 5 rings (SSSR count). The normalized spacial score (nSPS) is 11.7. The van der Waals surface area contributed by atoms with Gasteiger partial charge in [0.15, 0.2) is 5.65 Å². The second kappa shape index (κ2) is 9.43. The van der Waals surface area contributed by atoms with E-state index in [1.807, 2.05) is 37.3 Å². The van der Waals surface area contributed by atoms with E-state index in [0.717, 1.165) is 5.56 Å². The fourth-order valence-corrected chi connectivity index (χ4v) is 5.59. The first-order valence-electron chi connectivity index (χ1n) is 11.4. The Bertz CT molecular complexity index is 1680. The smallest absolute Gasteiger partial charge is 0.338 e. The molecule has 0 aliphatic carbocycles. The van der Waals surface area contributed by atoms with Crippen molar-refractivity contribution in [3.63, 3.8) is 0 Å². The zero-order valence-electron chi connectivity index (χ0n) is 19.6. The summed E-state index contributed by atoms with van der Waals surface area (Å²) in [5, 5.41) is 0. The van der Waals surface area contributed by atoms with Crippen LogP contribution in [0.5, 0.6) is 0 Å². The van der Waals surface area contributed by atoms with Gasteiger partial charge in [-0.1, -0.05) is 48.0 Å². The second-order valence-electron chi connectivity index (χ2n) is 8.42. The number of nitrogen functional groups attached to an aromatic ring is 1. The molecule has 0 unspecified atom stereocenters. The molecule has 0 aliphatic rings. The zero-order chi connectivity index (χ0) is 25.3. The number of nitrogens with two attached hydrogens (primary N) is 1. The number of hydrogen-bond acceptors (Lipinski definition) is 7. The van der Waals surface area contributed by atoms with Crippen LogP contribution in [-0.2, 0) is 21.1 Å². The predicted octanol–water partition coefficient (Wildman–Crippen LogP) is 4.56. The third-order valence-corrected chi connectivity index (χ3v) is 7.75. The molecule has 9 heteroatoms. The average Bonchev–Trinajstić information content (AvgIpc) is 3.16. The SMILES string of the molecule is Cc1ccc(C(=O)OCCCn2c(N)c(S(=O)(=O)c3ccccc3)c3nc4ccccc4nc32)cc1. The quantitative estimate of drug-likeness (QED) is 0.257. The number of para-hydroxylation sites is 2. The number of carbonyl (C=O) groups excluding carboxylic acids is 1. The number of benzene rings is 3. The molecule has 5 aromatic rings. The van der Waals surface area contributed by atoms with Crippen molar-refractivity contribution in [2.45, 2.75) is 29.7 Å². The number of hydrogen-bond donors (Lipinski definition) is 1. The zero-order valence-corrected chi connectivity index (χ0v) is 20.4. The van der Waals surface area contributed by atoms with Crippen molar-refractivity contribution >= 4 is 43.8 Å². The van der Waals surface area contributed by atoms with Gasteiger partial charge in [-0.25, -0.2) is 23.2 Å². The molecule has 0 saturated heterocycles. The predicted molar refractivity (Wildman–Crippen MR) is 137 cm³/mol. The molecule has 0 bridgehead atoms. The lowest BCUT2D eigenvalue weighted by molar-refractivity contribution is 0.0496. The Morgan fingerprint density at radius 3 is 2.25 bits per heavy atom. The van der Waals surface area contributed by atoms with Crippen LogP contribution in [-0.4, -0.2) is 35.5 Å². The number of rotatable bonds is 7. The van der Waals surface area contributed by atoms with Crippen LogP contribution in [0.1, 0.15) is 22.3 Å². The van der Waals surface area contributed by atoms with Gasteiger partial charge >= 0.3 is 5.97 Å². The van der Waals surface area contributed by atoms with Crippen molar-refractivity contribution < 1.29 is 17.9 Å². The van der Waals surface area contributed by atoms with E-state index in [9.17, 15) is 13.2 Å². The number of nitrogens with zero attached hydrogens (tertiary/aromatic N) is 3. The maximum Gasteiger partial charge on any atom is 0.338 e. The second-order valence-corrected chi connectivity index (χ2v) is 10.3. The molecule has 0 saturated carbocycles. The lowest BCUT2D eigenvalue weighted by Gasteiger charge is -2.09. The first-order valence-corrected chi connectivity index (χ1v) is 12.9. The molecule has 0 radical (unpaired) electrons. The van der Waals surface area contributed by atoms with E-state index in [-0.39, 0.29) is 27.7 Å². The van der Waals surface area contributed by atoms with Crippen molar-refractivity contribution in [1.82, 2.24) is 14.5 Å². The number of esters is 1. The summed E-state index contributed by atoms with van der Waals surface area (Å²) in [5.41, 5.74) is 9.74. The van der Waals surface area contributed by atoms with Crippen LogP contribution in [0.25, 0.3) is 22.2 Å². The fraction of sp³-hybridized carbons (Fsp3) is 0.148. The van der Waals surface area contributed by atoms with E-state index in [1.165, 1.54) is 12.1 Å². The Balaban J connectivity index is 1.49. The summed E-state index contributed by atoms with van der Waals surface area (Å²) in [6.45, 7) is 2.37. The third-order valence-electron chi connectivity index (χ3n) is 5.92.